The Hall–Kier alpha value is -2.56. The van der Waals surface area contributed by atoms with Crippen molar-refractivity contribution >= 4 is 21.9 Å². The Morgan fingerprint density at radius 2 is 1.83 bits per heavy atom. The lowest BCUT2D eigenvalue weighted by Crippen LogP contribution is -2.41. The van der Waals surface area contributed by atoms with Gasteiger partial charge in [0.05, 0.1) is 18.8 Å². The highest BCUT2D eigenvalue weighted by Crippen LogP contribution is 2.22. The number of rotatable bonds is 9. The summed E-state index contributed by atoms with van der Waals surface area (Å²) in [5.41, 5.74) is -0.176. The van der Waals surface area contributed by atoms with Gasteiger partial charge in [0.15, 0.2) is 6.61 Å². The second-order valence-electron chi connectivity index (χ2n) is 6.11. The Balaban J connectivity index is 2.13. The normalized spacial score (nSPS) is 14.8. The minimum Gasteiger partial charge on any atom is -0.452 e. The second kappa shape index (κ2) is 10.3. The van der Waals surface area contributed by atoms with E-state index in [-0.39, 0.29) is 45.0 Å². The van der Waals surface area contributed by atoms with Gasteiger partial charge in [0.25, 0.3) is 5.91 Å². The fourth-order valence-electron chi connectivity index (χ4n) is 2.65. The maximum absolute atomic E-state index is 14.2. The van der Waals surface area contributed by atoms with Crippen LogP contribution in [-0.2, 0) is 24.3 Å². The van der Waals surface area contributed by atoms with Crippen LogP contribution in [0.25, 0.3) is 0 Å². The van der Waals surface area contributed by atoms with Crippen molar-refractivity contribution < 1.29 is 31.9 Å². The number of carbonyl (C=O) groups is 2. The molecule has 0 N–H and O–H groups in total. The molecule has 1 amide bonds. The molecule has 0 radical (unpaired) electrons. The van der Waals surface area contributed by atoms with E-state index in [9.17, 15) is 22.4 Å². The summed E-state index contributed by atoms with van der Waals surface area (Å²) in [6.45, 7) is 7.64. The summed E-state index contributed by atoms with van der Waals surface area (Å²) in [5, 5.41) is 0. The summed E-state index contributed by atoms with van der Waals surface area (Å²) < 4.78 is 50.7. The van der Waals surface area contributed by atoms with Crippen molar-refractivity contribution in [3.63, 3.8) is 0 Å². The molecule has 1 aliphatic rings. The van der Waals surface area contributed by atoms with Gasteiger partial charge in [-0.2, -0.15) is 4.31 Å². The number of ether oxygens (including phenoxy) is 2. The zero-order valence-corrected chi connectivity index (χ0v) is 16.7. The molecule has 1 aliphatic heterocycles. The van der Waals surface area contributed by atoms with Crippen LogP contribution in [0.15, 0.2) is 48.4 Å². The monoisotopic (exact) mass is 426 g/mol. The molecule has 0 saturated carbocycles. The van der Waals surface area contributed by atoms with Crippen molar-refractivity contribution in [1.29, 1.82) is 0 Å². The van der Waals surface area contributed by atoms with Gasteiger partial charge in [0.2, 0.25) is 10.0 Å². The molecule has 29 heavy (non-hydrogen) atoms. The first-order chi connectivity index (χ1) is 13.8. The number of sulfonamides is 1. The van der Waals surface area contributed by atoms with E-state index in [2.05, 4.69) is 13.2 Å². The summed E-state index contributed by atoms with van der Waals surface area (Å²) in [4.78, 5) is 25.1. The SMILES string of the molecule is C=CCN(CC=C)C(=O)COC(=O)c1ccc(F)c(S(=O)(=O)N2CCOCC2)c1. The van der Waals surface area contributed by atoms with E-state index >= 15 is 0 Å². The van der Waals surface area contributed by atoms with Crippen molar-refractivity contribution in [2.45, 2.75) is 4.90 Å². The van der Waals surface area contributed by atoms with Crippen molar-refractivity contribution in [2.75, 3.05) is 46.0 Å². The molecule has 158 valence electrons. The summed E-state index contributed by atoms with van der Waals surface area (Å²) in [6.07, 6.45) is 3.04. The van der Waals surface area contributed by atoms with Crippen LogP contribution in [0.5, 0.6) is 0 Å². The predicted molar refractivity (Wildman–Crippen MR) is 103 cm³/mol. The average Bonchev–Trinajstić information content (AvgIpc) is 2.72. The minimum atomic E-state index is -4.13. The molecule has 8 nitrogen and oxygen atoms in total. The molecule has 0 bridgehead atoms. The Bertz CT molecular complexity index is 871. The van der Waals surface area contributed by atoms with Crippen LogP contribution in [0.1, 0.15) is 10.4 Å². The Labute approximate surface area is 169 Å². The second-order valence-corrected chi connectivity index (χ2v) is 8.02. The first-order valence-electron chi connectivity index (χ1n) is 8.85. The Morgan fingerprint density at radius 1 is 1.21 bits per heavy atom. The molecular formula is C19H23FN2O6S. The topological polar surface area (TPSA) is 93.2 Å². The van der Waals surface area contributed by atoms with E-state index in [0.29, 0.717) is 0 Å². The highest BCUT2D eigenvalue weighted by atomic mass is 32.2. The van der Waals surface area contributed by atoms with Gasteiger partial charge in [0.1, 0.15) is 10.7 Å². The first kappa shape index (κ1) is 22.7. The molecule has 1 heterocycles. The van der Waals surface area contributed by atoms with Gasteiger partial charge >= 0.3 is 5.97 Å². The van der Waals surface area contributed by atoms with E-state index in [1.807, 2.05) is 0 Å². The van der Waals surface area contributed by atoms with Crippen molar-refractivity contribution in [3.05, 3.63) is 54.9 Å². The molecule has 0 unspecified atom stereocenters. The molecule has 10 heteroatoms. The number of hydrogen-bond acceptors (Lipinski definition) is 6. The van der Waals surface area contributed by atoms with Gasteiger partial charge in [-0.25, -0.2) is 17.6 Å². The third-order valence-electron chi connectivity index (χ3n) is 4.13. The van der Waals surface area contributed by atoms with Crippen LogP contribution in [0, 0.1) is 5.82 Å². The largest absolute Gasteiger partial charge is 0.452 e. The fraction of sp³-hybridized carbons (Fsp3) is 0.368. The number of esters is 1. The number of carbonyl (C=O) groups excluding carboxylic acids is 2. The van der Waals surface area contributed by atoms with Crippen LogP contribution >= 0.6 is 0 Å². The van der Waals surface area contributed by atoms with Gasteiger partial charge in [-0.05, 0) is 18.2 Å². The smallest absolute Gasteiger partial charge is 0.338 e. The highest BCUT2D eigenvalue weighted by Gasteiger charge is 2.30. The molecule has 0 spiro atoms. The standard InChI is InChI=1S/C19H23FN2O6S/c1-3-7-21(8-4-2)18(23)14-28-19(24)15-5-6-16(20)17(13-15)29(25,26)22-9-11-27-12-10-22/h3-6,13H,1-2,7-12,14H2. The molecule has 2 rings (SSSR count). The fourth-order valence-corrected chi connectivity index (χ4v) is 4.14. The van der Waals surface area contributed by atoms with Crippen LogP contribution in [0.3, 0.4) is 0 Å². The zero-order valence-electron chi connectivity index (χ0n) is 15.9. The molecule has 1 fully saturated rings. The van der Waals surface area contributed by atoms with Crippen molar-refractivity contribution in [2.24, 2.45) is 0 Å². The Kier molecular flexibility index (Phi) is 8.06. The van der Waals surface area contributed by atoms with E-state index in [1.165, 1.54) is 17.1 Å². The number of nitrogens with zero attached hydrogens (tertiary/aromatic N) is 2. The summed E-state index contributed by atoms with van der Waals surface area (Å²) >= 11 is 0. The van der Waals surface area contributed by atoms with Gasteiger partial charge in [-0.15, -0.1) is 13.2 Å². The Morgan fingerprint density at radius 3 is 2.41 bits per heavy atom. The maximum Gasteiger partial charge on any atom is 0.338 e. The molecule has 1 aromatic rings. The summed E-state index contributed by atoms with van der Waals surface area (Å²) in [5.74, 6) is -2.39. The maximum atomic E-state index is 14.2. The summed E-state index contributed by atoms with van der Waals surface area (Å²) in [7, 11) is -4.13. The molecular weight excluding hydrogens is 403 g/mol. The number of benzene rings is 1. The molecule has 0 atom stereocenters. The lowest BCUT2D eigenvalue weighted by atomic mass is 10.2. The van der Waals surface area contributed by atoms with Gasteiger partial charge in [0, 0.05) is 26.2 Å². The third kappa shape index (κ3) is 5.72. The van der Waals surface area contributed by atoms with E-state index in [1.54, 1.807) is 0 Å². The highest BCUT2D eigenvalue weighted by molar-refractivity contribution is 7.89. The van der Waals surface area contributed by atoms with E-state index < -0.39 is 39.2 Å². The van der Waals surface area contributed by atoms with Crippen molar-refractivity contribution in [3.8, 4) is 0 Å². The third-order valence-corrected chi connectivity index (χ3v) is 6.05. The zero-order chi connectivity index (χ0) is 21.4. The van der Waals surface area contributed by atoms with Gasteiger partial charge < -0.3 is 14.4 Å². The molecule has 0 aromatic heterocycles. The summed E-state index contributed by atoms with van der Waals surface area (Å²) in [6, 6.07) is 2.90. The van der Waals surface area contributed by atoms with Gasteiger partial charge in [-0.3, -0.25) is 4.79 Å². The van der Waals surface area contributed by atoms with Gasteiger partial charge in [-0.1, -0.05) is 12.2 Å². The minimum absolute atomic E-state index is 0.0907. The molecule has 1 saturated heterocycles. The quantitative estimate of drug-likeness (QED) is 0.435. The van der Waals surface area contributed by atoms with Crippen LogP contribution < -0.4 is 0 Å². The van der Waals surface area contributed by atoms with Crippen LogP contribution in [0.2, 0.25) is 0 Å². The number of morpholine rings is 1. The number of hydrogen-bond donors (Lipinski definition) is 0. The predicted octanol–water partition coefficient (Wildman–Crippen LogP) is 1.20. The lowest BCUT2D eigenvalue weighted by molar-refractivity contribution is -0.133. The molecule has 0 aliphatic carbocycles. The average molecular weight is 426 g/mol. The lowest BCUT2D eigenvalue weighted by Gasteiger charge is -2.26. The number of halogens is 1. The number of amides is 1. The van der Waals surface area contributed by atoms with Crippen molar-refractivity contribution in [1.82, 2.24) is 9.21 Å². The van der Waals surface area contributed by atoms with E-state index in [0.717, 1.165) is 22.5 Å². The van der Waals surface area contributed by atoms with Crippen LogP contribution in [-0.4, -0.2) is 75.5 Å². The first-order valence-corrected chi connectivity index (χ1v) is 10.3. The molecule has 1 aromatic carbocycles. The van der Waals surface area contributed by atoms with Crippen LogP contribution in [0.4, 0.5) is 4.39 Å². The van der Waals surface area contributed by atoms with E-state index in [4.69, 9.17) is 9.47 Å².